The number of amides is 2. The van der Waals surface area contributed by atoms with Crippen LogP contribution >= 0.6 is 22.9 Å². The normalized spacial score (nSPS) is 18.9. The number of hydrogen-bond donors (Lipinski definition) is 1. The van der Waals surface area contributed by atoms with Gasteiger partial charge in [-0.3, -0.25) is 0 Å². The fourth-order valence-electron chi connectivity index (χ4n) is 2.84. The van der Waals surface area contributed by atoms with Gasteiger partial charge in [0.05, 0.1) is 18.1 Å². The molecule has 0 spiro atoms. The van der Waals surface area contributed by atoms with Crippen LogP contribution in [0, 0.1) is 6.92 Å². The lowest BCUT2D eigenvalue weighted by atomic mass is 10.2. The molecule has 1 saturated heterocycles. The highest BCUT2D eigenvalue weighted by Gasteiger charge is 2.35. The van der Waals surface area contributed by atoms with Crippen molar-refractivity contribution in [1.29, 1.82) is 0 Å². The lowest BCUT2D eigenvalue weighted by molar-refractivity contribution is 0.191. The maximum Gasteiger partial charge on any atom is 0.322 e. The summed E-state index contributed by atoms with van der Waals surface area (Å²) < 4.78 is 23.7. The number of thiophene rings is 1. The molecule has 134 valence electrons. The van der Waals surface area contributed by atoms with E-state index in [0.717, 1.165) is 10.4 Å². The summed E-state index contributed by atoms with van der Waals surface area (Å²) >= 11 is 7.44. The number of rotatable bonds is 4. The second kappa shape index (κ2) is 7.35. The first-order chi connectivity index (χ1) is 11.8. The molecule has 1 aliphatic heterocycles. The van der Waals surface area contributed by atoms with Gasteiger partial charge in [-0.25, -0.2) is 13.2 Å². The van der Waals surface area contributed by atoms with Gasteiger partial charge < -0.3 is 10.2 Å². The number of urea groups is 1. The molecule has 25 heavy (non-hydrogen) atoms. The van der Waals surface area contributed by atoms with Crippen LogP contribution in [0.1, 0.15) is 16.9 Å². The van der Waals surface area contributed by atoms with Crippen molar-refractivity contribution in [2.75, 3.05) is 16.8 Å². The molecule has 2 heterocycles. The number of nitrogens with one attached hydrogen (secondary N) is 1. The maximum atomic E-state index is 12.8. The molecule has 1 aromatic heterocycles. The molecule has 5 nitrogen and oxygen atoms in total. The Labute approximate surface area is 156 Å². The molecule has 1 fully saturated rings. The monoisotopic (exact) mass is 398 g/mol. The lowest BCUT2D eigenvalue weighted by Crippen LogP contribution is -2.43. The molecule has 0 bridgehead atoms. The van der Waals surface area contributed by atoms with Gasteiger partial charge in [-0.2, -0.15) is 0 Å². The topological polar surface area (TPSA) is 66.5 Å². The van der Waals surface area contributed by atoms with Crippen LogP contribution < -0.4 is 5.32 Å². The molecule has 2 amide bonds. The minimum absolute atomic E-state index is 0.0193. The third-order valence-electron chi connectivity index (χ3n) is 4.29. The van der Waals surface area contributed by atoms with E-state index in [9.17, 15) is 13.2 Å². The summed E-state index contributed by atoms with van der Waals surface area (Å²) in [5.74, 6) is 0.150. The minimum Gasteiger partial charge on any atom is -0.315 e. The lowest BCUT2D eigenvalue weighted by Gasteiger charge is -2.28. The highest BCUT2D eigenvalue weighted by molar-refractivity contribution is 7.91. The number of carbonyl (C=O) groups is 1. The first kappa shape index (κ1) is 18.2. The fraction of sp³-hybridized carbons (Fsp3) is 0.353. The number of carbonyl (C=O) groups excluding carboxylic acids is 1. The van der Waals surface area contributed by atoms with Gasteiger partial charge in [-0.1, -0.05) is 11.6 Å². The first-order valence-electron chi connectivity index (χ1n) is 7.91. The number of aryl methyl sites for hydroxylation is 1. The molecule has 1 aromatic carbocycles. The van der Waals surface area contributed by atoms with Gasteiger partial charge in [0.1, 0.15) is 0 Å². The van der Waals surface area contributed by atoms with E-state index in [4.69, 9.17) is 11.6 Å². The largest absolute Gasteiger partial charge is 0.322 e. The van der Waals surface area contributed by atoms with Crippen molar-refractivity contribution in [3.8, 4) is 0 Å². The van der Waals surface area contributed by atoms with E-state index in [1.165, 1.54) is 0 Å². The van der Waals surface area contributed by atoms with Crippen molar-refractivity contribution in [1.82, 2.24) is 4.90 Å². The third kappa shape index (κ3) is 4.54. The van der Waals surface area contributed by atoms with Crippen molar-refractivity contribution in [2.45, 2.75) is 25.9 Å². The quantitative estimate of drug-likeness (QED) is 0.848. The van der Waals surface area contributed by atoms with Crippen LogP contribution in [0.5, 0.6) is 0 Å². The summed E-state index contributed by atoms with van der Waals surface area (Å²) in [4.78, 5) is 15.5. The second-order valence-electron chi connectivity index (χ2n) is 6.15. The second-order valence-corrected chi connectivity index (χ2v) is 9.81. The Balaban J connectivity index is 1.81. The predicted octanol–water partition coefficient (Wildman–Crippen LogP) is 3.93. The molecule has 2 aromatic rings. The standard InChI is InChI=1S/C17H19ClN2O3S2/c1-12-6-8-24-16(12)10-20(15-7-9-25(22,23)11-15)17(21)19-14-4-2-13(18)3-5-14/h2-6,8,15H,7,9-11H2,1H3,(H,19,21)/t15-/m1/s1. The van der Waals surface area contributed by atoms with Crippen molar-refractivity contribution < 1.29 is 13.2 Å². The Bertz CT molecular complexity index is 862. The van der Waals surface area contributed by atoms with Crippen LogP contribution in [-0.2, 0) is 16.4 Å². The van der Waals surface area contributed by atoms with Crippen LogP contribution in [0.25, 0.3) is 0 Å². The summed E-state index contributed by atoms with van der Waals surface area (Å²) in [6.45, 7) is 2.40. The average Bonchev–Trinajstić information content (AvgIpc) is 3.12. The van der Waals surface area contributed by atoms with Gasteiger partial charge in [0.15, 0.2) is 9.84 Å². The van der Waals surface area contributed by atoms with E-state index in [0.29, 0.717) is 23.7 Å². The number of hydrogen-bond acceptors (Lipinski definition) is 4. The van der Waals surface area contributed by atoms with E-state index in [-0.39, 0.29) is 23.6 Å². The van der Waals surface area contributed by atoms with Crippen LogP contribution in [0.15, 0.2) is 35.7 Å². The van der Waals surface area contributed by atoms with E-state index < -0.39 is 9.84 Å². The van der Waals surface area contributed by atoms with Gasteiger partial charge in [0, 0.05) is 21.6 Å². The molecule has 0 unspecified atom stereocenters. The van der Waals surface area contributed by atoms with Gasteiger partial charge in [-0.05, 0) is 54.6 Å². The molecule has 8 heteroatoms. The molecule has 1 N–H and O–H groups in total. The third-order valence-corrected chi connectivity index (χ3v) is 7.30. The van der Waals surface area contributed by atoms with Crippen LogP contribution in [0.3, 0.4) is 0 Å². The Morgan fingerprint density at radius 3 is 2.60 bits per heavy atom. The SMILES string of the molecule is Cc1ccsc1CN(C(=O)Nc1ccc(Cl)cc1)[C@@H]1CCS(=O)(=O)C1. The van der Waals surface area contributed by atoms with Crippen molar-refractivity contribution in [2.24, 2.45) is 0 Å². The van der Waals surface area contributed by atoms with Crippen LogP contribution in [-0.4, -0.2) is 36.9 Å². The minimum atomic E-state index is -3.08. The molecule has 0 radical (unpaired) electrons. The summed E-state index contributed by atoms with van der Waals surface area (Å²) in [6, 6.07) is 8.24. The highest BCUT2D eigenvalue weighted by atomic mass is 35.5. The van der Waals surface area contributed by atoms with E-state index >= 15 is 0 Å². The molecule has 0 saturated carbocycles. The Morgan fingerprint density at radius 2 is 2.04 bits per heavy atom. The van der Waals surface area contributed by atoms with Crippen LogP contribution in [0.2, 0.25) is 5.02 Å². The van der Waals surface area contributed by atoms with Gasteiger partial charge in [0.25, 0.3) is 0 Å². The average molecular weight is 399 g/mol. The van der Waals surface area contributed by atoms with Crippen molar-refractivity contribution in [3.05, 3.63) is 51.2 Å². The highest BCUT2D eigenvalue weighted by Crippen LogP contribution is 2.25. The zero-order chi connectivity index (χ0) is 18.0. The molecule has 1 atom stereocenters. The smallest absolute Gasteiger partial charge is 0.315 e. The zero-order valence-corrected chi connectivity index (χ0v) is 16.1. The number of benzene rings is 1. The van der Waals surface area contributed by atoms with Gasteiger partial charge in [-0.15, -0.1) is 11.3 Å². The van der Waals surface area contributed by atoms with Crippen molar-refractivity contribution in [3.63, 3.8) is 0 Å². The van der Waals surface area contributed by atoms with Crippen LogP contribution in [0.4, 0.5) is 10.5 Å². The Hall–Kier alpha value is -1.57. The molecular weight excluding hydrogens is 380 g/mol. The molecule has 3 rings (SSSR count). The van der Waals surface area contributed by atoms with E-state index in [1.54, 1.807) is 40.5 Å². The number of halogens is 1. The molecule has 1 aliphatic rings. The zero-order valence-electron chi connectivity index (χ0n) is 13.7. The van der Waals surface area contributed by atoms with Crippen molar-refractivity contribution >= 4 is 44.5 Å². The predicted molar refractivity (Wildman–Crippen MR) is 102 cm³/mol. The number of nitrogens with zero attached hydrogens (tertiary/aromatic N) is 1. The Kier molecular flexibility index (Phi) is 5.36. The number of anilines is 1. The summed E-state index contributed by atoms with van der Waals surface area (Å²) in [6.07, 6.45) is 0.473. The first-order valence-corrected chi connectivity index (χ1v) is 11.0. The van der Waals surface area contributed by atoms with Gasteiger partial charge in [0.2, 0.25) is 0 Å². The fourth-order valence-corrected chi connectivity index (χ4v) is 5.60. The summed E-state index contributed by atoms with van der Waals surface area (Å²) in [7, 11) is -3.08. The van der Waals surface area contributed by atoms with E-state index in [2.05, 4.69) is 5.32 Å². The molecule has 0 aliphatic carbocycles. The van der Waals surface area contributed by atoms with E-state index in [1.807, 2.05) is 18.4 Å². The number of sulfone groups is 1. The summed E-state index contributed by atoms with van der Waals surface area (Å²) in [5, 5.41) is 5.41. The van der Waals surface area contributed by atoms with Gasteiger partial charge >= 0.3 is 6.03 Å². The molecular formula is C17H19ClN2O3S2. The summed E-state index contributed by atoms with van der Waals surface area (Å²) in [5.41, 5.74) is 1.73. The Morgan fingerprint density at radius 1 is 1.32 bits per heavy atom. The maximum absolute atomic E-state index is 12.8.